The number of hydrogen-bond acceptors (Lipinski definition) is 13. The monoisotopic (exact) mass is 750 g/mol. The second-order valence-electron chi connectivity index (χ2n) is 13.6. The van der Waals surface area contributed by atoms with Crippen LogP contribution in [-0.2, 0) is 29.4 Å². The number of halogens is 2. The Bertz CT molecular complexity index is 1810. The number of thiazole rings is 1. The lowest BCUT2D eigenvalue weighted by molar-refractivity contribution is -0.115. The highest BCUT2D eigenvalue weighted by molar-refractivity contribution is 7.48. The summed E-state index contributed by atoms with van der Waals surface area (Å²) in [6, 6.07) is 6.34. The van der Waals surface area contributed by atoms with Gasteiger partial charge in [0.2, 0.25) is 5.91 Å². The molecule has 0 aliphatic carbocycles. The van der Waals surface area contributed by atoms with Crippen molar-refractivity contribution in [2.45, 2.75) is 78.6 Å². The summed E-state index contributed by atoms with van der Waals surface area (Å²) in [6.45, 7) is 13.9. The van der Waals surface area contributed by atoms with Gasteiger partial charge in [0.15, 0.2) is 16.6 Å². The van der Waals surface area contributed by atoms with Gasteiger partial charge in [-0.2, -0.15) is 0 Å². The SMILES string of the molecule is COc1cc2c(Nc3ncc(CC(=O)Nc4cc(F)cc(F)c4)s3)ncnc2cc1OCCCNC[C@@H](C)OP(=O)(OC(C)(C)C)OC(C)(C)C. The van der Waals surface area contributed by atoms with E-state index in [1.54, 1.807) is 66.8 Å². The molecule has 2 aromatic heterocycles. The molecule has 0 bridgehead atoms. The maximum Gasteiger partial charge on any atom is 0.476 e. The van der Waals surface area contributed by atoms with Gasteiger partial charge in [0.1, 0.15) is 23.8 Å². The van der Waals surface area contributed by atoms with Crippen molar-refractivity contribution in [3.05, 3.63) is 59.4 Å². The van der Waals surface area contributed by atoms with Crippen molar-refractivity contribution in [1.29, 1.82) is 0 Å². The molecule has 2 aromatic carbocycles. The van der Waals surface area contributed by atoms with Gasteiger partial charge in [-0.25, -0.2) is 28.3 Å². The molecule has 0 fully saturated rings. The maximum atomic E-state index is 13.5. The largest absolute Gasteiger partial charge is 0.493 e. The van der Waals surface area contributed by atoms with Gasteiger partial charge in [0.25, 0.3) is 0 Å². The van der Waals surface area contributed by atoms with Crippen molar-refractivity contribution in [3.63, 3.8) is 0 Å². The Morgan fingerprint density at radius 2 is 1.65 bits per heavy atom. The van der Waals surface area contributed by atoms with E-state index in [2.05, 4.69) is 30.9 Å². The van der Waals surface area contributed by atoms with Crippen molar-refractivity contribution in [3.8, 4) is 11.5 Å². The molecule has 0 saturated heterocycles. The fraction of sp³-hybridized carbons (Fsp3) is 0.471. The van der Waals surface area contributed by atoms with Crippen molar-refractivity contribution < 1.29 is 41.2 Å². The minimum absolute atomic E-state index is 0.0286. The second kappa shape index (κ2) is 17.2. The number of benzene rings is 2. The summed E-state index contributed by atoms with van der Waals surface area (Å²) in [6.07, 6.45) is 3.12. The standard InChI is InChI=1S/C34H45F2N6O7PS/c1-21(47-50(44,48-33(2,3)4)49-34(5,6)7)18-37-10-9-11-46-29-17-27-26(16-28(29)45-8)31(40-20-39-27)42-32-38-19-25(51-32)15-30(43)41-24-13-22(35)12-23(36)14-24/h12-14,16-17,19-21,37H,9-11,15,18H2,1-8H3,(H,41,43)(H,38,39,40,42)/t21-/m1/s1. The van der Waals surface area contributed by atoms with Crippen LogP contribution in [0.1, 0.15) is 59.8 Å². The van der Waals surface area contributed by atoms with E-state index in [-0.39, 0.29) is 12.1 Å². The molecule has 1 amide bonds. The van der Waals surface area contributed by atoms with Crippen LogP contribution in [0.4, 0.5) is 25.4 Å². The number of ether oxygens (including phenoxy) is 2. The maximum absolute atomic E-state index is 13.5. The molecule has 0 aliphatic rings. The van der Waals surface area contributed by atoms with Gasteiger partial charge in [0, 0.05) is 40.8 Å². The second-order valence-corrected chi connectivity index (χ2v) is 16.1. The fourth-order valence-electron chi connectivity index (χ4n) is 4.65. The van der Waals surface area contributed by atoms with E-state index in [1.165, 1.54) is 24.8 Å². The van der Waals surface area contributed by atoms with Crippen LogP contribution in [0, 0.1) is 11.6 Å². The number of phosphoric ester groups is 1. The minimum Gasteiger partial charge on any atom is -0.493 e. The molecular weight excluding hydrogens is 705 g/mol. The Hall–Kier alpha value is -3.79. The molecule has 3 N–H and O–H groups in total. The summed E-state index contributed by atoms with van der Waals surface area (Å²) in [5, 5.41) is 10.1. The van der Waals surface area contributed by atoms with Gasteiger partial charge in [-0.15, -0.1) is 11.3 Å². The number of carbonyl (C=O) groups is 1. The smallest absolute Gasteiger partial charge is 0.476 e. The van der Waals surface area contributed by atoms with Crippen molar-refractivity contribution in [2.75, 3.05) is 37.4 Å². The average Bonchev–Trinajstić information content (AvgIpc) is 3.42. The number of aromatic nitrogens is 3. The number of nitrogens with zero attached hydrogens (tertiary/aromatic N) is 3. The zero-order valence-electron chi connectivity index (χ0n) is 30.0. The Labute approximate surface area is 300 Å². The number of nitrogens with one attached hydrogen (secondary N) is 3. The van der Waals surface area contributed by atoms with Crippen LogP contribution in [0.15, 0.2) is 42.9 Å². The molecule has 0 spiro atoms. The number of anilines is 3. The average molecular weight is 751 g/mol. The van der Waals surface area contributed by atoms with Crippen LogP contribution in [0.5, 0.6) is 11.5 Å². The summed E-state index contributed by atoms with van der Waals surface area (Å²) in [4.78, 5) is 26.2. The molecule has 0 unspecified atom stereocenters. The van der Waals surface area contributed by atoms with Crippen LogP contribution < -0.4 is 25.4 Å². The Balaban J connectivity index is 1.29. The minimum atomic E-state index is -3.82. The highest BCUT2D eigenvalue weighted by Crippen LogP contribution is 2.56. The Morgan fingerprint density at radius 3 is 2.29 bits per heavy atom. The van der Waals surface area contributed by atoms with E-state index >= 15 is 0 Å². The molecule has 51 heavy (non-hydrogen) atoms. The van der Waals surface area contributed by atoms with Crippen LogP contribution >= 0.6 is 19.2 Å². The van der Waals surface area contributed by atoms with E-state index in [4.69, 9.17) is 23.0 Å². The molecule has 13 nitrogen and oxygen atoms in total. The first-order chi connectivity index (χ1) is 23.9. The van der Waals surface area contributed by atoms with Crippen LogP contribution in [0.2, 0.25) is 0 Å². The van der Waals surface area contributed by atoms with Crippen molar-refractivity contribution in [2.24, 2.45) is 0 Å². The summed E-state index contributed by atoms with van der Waals surface area (Å²) >= 11 is 1.23. The lowest BCUT2D eigenvalue weighted by Crippen LogP contribution is -2.31. The number of phosphoric acid groups is 1. The molecule has 2 heterocycles. The first-order valence-electron chi connectivity index (χ1n) is 16.2. The number of amides is 1. The molecular formula is C34H45F2N6O7PS. The lowest BCUT2D eigenvalue weighted by atomic mass is 10.2. The van der Waals surface area contributed by atoms with Crippen molar-refractivity contribution in [1.82, 2.24) is 20.3 Å². The van der Waals surface area contributed by atoms with E-state index in [0.717, 1.165) is 18.2 Å². The zero-order valence-corrected chi connectivity index (χ0v) is 31.7. The molecule has 4 rings (SSSR count). The Morgan fingerprint density at radius 1 is 0.961 bits per heavy atom. The predicted molar refractivity (Wildman–Crippen MR) is 193 cm³/mol. The van der Waals surface area contributed by atoms with Crippen molar-refractivity contribution >= 4 is 52.6 Å². The topological polar surface area (TPSA) is 155 Å². The number of rotatable bonds is 17. The van der Waals surface area contributed by atoms with Gasteiger partial charge >= 0.3 is 7.82 Å². The van der Waals surface area contributed by atoms with E-state index in [9.17, 15) is 18.1 Å². The summed E-state index contributed by atoms with van der Waals surface area (Å²) in [7, 11) is -2.28. The molecule has 0 saturated carbocycles. The fourth-order valence-corrected chi connectivity index (χ4v) is 7.44. The normalized spacial score (nSPS) is 12.9. The van der Waals surface area contributed by atoms with Gasteiger partial charge in [-0.3, -0.25) is 18.4 Å². The lowest BCUT2D eigenvalue weighted by Gasteiger charge is -2.32. The van der Waals surface area contributed by atoms with Crippen LogP contribution in [-0.4, -0.2) is 65.0 Å². The summed E-state index contributed by atoms with van der Waals surface area (Å²) < 4.78 is 69.1. The van der Waals surface area contributed by atoms with E-state index < -0.39 is 42.7 Å². The number of carbonyl (C=O) groups excluding carboxylic acids is 1. The third-order valence-electron chi connectivity index (χ3n) is 6.45. The molecule has 0 radical (unpaired) electrons. The number of hydrogen-bond donors (Lipinski definition) is 3. The number of fused-ring (bicyclic) bond motifs is 1. The third-order valence-corrected chi connectivity index (χ3v) is 9.52. The first kappa shape index (κ1) is 40.0. The van der Waals surface area contributed by atoms with Gasteiger partial charge in [0.05, 0.1) is 43.0 Å². The summed E-state index contributed by atoms with van der Waals surface area (Å²) in [5.41, 5.74) is -0.805. The Kier molecular flexibility index (Phi) is 13.4. The summed E-state index contributed by atoms with van der Waals surface area (Å²) in [5.74, 6) is -0.559. The van der Waals surface area contributed by atoms with E-state index in [1.807, 2.05) is 0 Å². The molecule has 278 valence electrons. The predicted octanol–water partition coefficient (Wildman–Crippen LogP) is 7.80. The molecule has 0 aliphatic heterocycles. The zero-order chi connectivity index (χ0) is 37.4. The first-order valence-corrected chi connectivity index (χ1v) is 18.5. The van der Waals surface area contributed by atoms with Crippen LogP contribution in [0.3, 0.4) is 0 Å². The highest BCUT2D eigenvalue weighted by atomic mass is 32.1. The van der Waals surface area contributed by atoms with E-state index in [0.29, 0.717) is 64.3 Å². The molecule has 17 heteroatoms. The number of methoxy groups -OCH3 is 1. The molecule has 4 aromatic rings. The molecule has 1 atom stereocenters. The van der Waals surface area contributed by atoms with Crippen LogP contribution in [0.25, 0.3) is 10.9 Å². The van der Waals surface area contributed by atoms with Gasteiger partial charge in [-0.1, -0.05) is 0 Å². The van der Waals surface area contributed by atoms with Gasteiger partial charge < -0.3 is 25.4 Å². The van der Waals surface area contributed by atoms with Gasteiger partial charge in [-0.05, 0) is 79.6 Å². The quantitative estimate of drug-likeness (QED) is 0.0713. The highest BCUT2D eigenvalue weighted by Gasteiger charge is 2.38. The third kappa shape index (κ3) is 13.0.